The van der Waals surface area contributed by atoms with E-state index in [1.54, 1.807) is 6.07 Å². The van der Waals surface area contributed by atoms with E-state index >= 15 is 0 Å². The summed E-state index contributed by atoms with van der Waals surface area (Å²) in [6.07, 6.45) is -0.243. The van der Waals surface area contributed by atoms with Crippen molar-refractivity contribution in [1.29, 1.82) is 0 Å². The summed E-state index contributed by atoms with van der Waals surface area (Å²) < 4.78 is 25.7. The van der Waals surface area contributed by atoms with E-state index in [4.69, 9.17) is 15.2 Å². The summed E-state index contributed by atoms with van der Waals surface area (Å²) in [4.78, 5) is 0. The topological polar surface area (TPSA) is 44.5 Å². The van der Waals surface area contributed by atoms with E-state index in [9.17, 15) is 4.39 Å². The van der Waals surface area contributed by atoms with Crippen molar-refractivity contribution in [3.63, 3.8) is 0 Å². The maximum absolute atomic E-state index is 14.3. The summed E-state index contributed by atoms with van der Waals surface area (Å²) in [5, 5.41) is 0. The van der Waals surface area contributed by atoms with Crippen molar-refractivity contribution < 1.29 is 13.9 Å². The zero-order valence-electron chi connectivity index (χ0n) is 11.2. The second kappa shape index (κ2) is 5.13. The first-order chi connectivity index (χ1) is 9.70. The predicted molar refractivity (Wildman–Crippen MR) is 75.5 cm³/mol. The van der Waals surface area contributed by atoms with E-state index < -0.39 is 0 Å². The fraction of sp³-hybridized carbons (Fsp3) is 0.250. The highest BCUT2D eigenvalue weighted by atomic mass is 19.1. The molecule has 0 fully saturated rings. The molecule has 1 aliphatic rings. The molecule has 0 aliphatic carbocycles. The van der Waals surface area contributed by atoms with Gasteiger partial charge in [-0.15, -0.1) is 0 Å². The molecule has 0 saturated heterocycles. The molecule has 0 saturated carbocycles. The molecule has 0 radical (unpaired) electrons. The third-order valence-corrected chi connectivity index (χ3v) is 3.46. The molecule has 1 heterocycles. The van der Waals surface area contributed by atoms with Gasteiger partial charge in [0.05, 0.1) is 5.56 Å². The Morgan fingerprint density at radius 1 is 1.25 bits per heavy atom. The van der Waals surface area contributed by atoms with Gasteiger partial charge in [0, 0.05) is 6.54 Å². The molecule has 104 valence electrons. The van der Waals surface area contributed by atoms with Crippen LogP contribution in [0.2, 0.25) is 0 Å². The maximum Gasteiger partial charge on any atom is 0.172 e. The van der Waals surface area contributed by atoms with E-state index in [-0.39, 0.29) is 11.9 Å². The van der Waals surface area contributed by atoms with Crippen LogP contribution in [-0.2, 0) is 0 Å². The standard InChI is InChI=1S/C16H16FNO2/c1-10-4-2-3-5-12(10)15-13(17)6-7-14-16(15)20-11(8-18)9-19-14/h2-7,11H,8-9,18H2,1H3/t11-/m0/s1. The first kappa shape index (κ1) is 12.9. The molecule has 0 spiro atoms. The Bertz CT molecular complexity index is 642. The van der Waals surface area contributed by atoms with E-state index in [1.165, 1.54) is 6.07 Å². The molecule has 0 unspecified atom stereocenters. The van der Waals surface area contributed by atoms with Crippen molar-refractivity contribution in [2.45, 2.75) is 13.0 Å². The molecule has 0 amide bonds. The molecule has 20 heavy (non-hydrogen) atoms. The first-order valence-corrected chi connectivity index (χ1v) is 6.58. The van der Waals surface area contributed by atoms with Crippen LogP contribution >= 0.6 is 0 Å². The molecule has 3 nitrogen and oxygen atoms in total. The quantitative estimate of drug-likeness (QED) is 0.915. The molecule has 2 aromatic rings. The van der Waals surface area contributed by atoms with Crippen LogP contribution in [0.25, 0.3) is 11.1 Å². The average Bonchev–Trinajstić information content (AvgIpc) is 2.48. The summed E-state index contributed by atoms with van der Waals surface area (Å²) in [5.74, 6) is 0.690. The maximum atomic E-state index is 14.3. The third-order valence-electron chi connectivity index (χ3n) is 3.46. The van der Waals surface area contributed by atoms with Crippen molar-refractivity contribution in [1.82, 2.24) is 0 Å². The highest BCUT2D eigenvalue weighted by Gasteiger charge is 2.26. The lowest BCUT2D eigenvalue weighted by Crippen LogP contribution is -2.36. The number of hydrogen-bond acceptors (Lipinski definition) is 3. The number of nitrogens with two attached hydrogens (primary N) is 1. The largest absolute Gasteiger partial charge is 0.486 e. The number of rotatable bonds is 2. The van der Waals surface area contributed by atoms with Gasteiger partial charge >= 0.3 is 0 Å². The zero-order valence-corrected chi connectivity index (χ0v) is 11.2. The van der Waals surface area contributed by atoms with Crippen LogP contribution in [0.1, 0.15) is 5.56 Å². The minimum atomic E-state index is -0.320. The second-order valence-electron chi connectivity index (χ2n) is 4.85. The van der Waals surface area contributed by atoms with Gasteiger partial charge in [-0.25, -0.2) is 4.39 Å². The Balaban J connectivity index is 2.18. The molecule has 0 bridgehead atoms. The van der Waals surface area contributed by atoms with Crippen LogP contribution in [0.4, 0.5) is 4.39 Å². The Labute approximate surface area is 117 Å². The van der Waals surface area contributed by atoms with E-state index in [2.05, 4.69) is 0 Å². The van der Waals surface area contributed by atoms with Crippen molar-refractivity contribution in [2.75, 3.05) is 13.2 Å². The lowest BCUT2D eigenvalue weighted by atomic mass is 9.98. The minimum Gasteiger partial charge on any atom is -0.486 e. The fourth-order valence-electron chi connectivity index (χ4n) is 2.37. The van der Waals surface area contributed by atoms with Gasteiger partial charge in [0.25, 0.3) is 0 Å². The van der Waals surface area contributed by atoms with Crippen LogP contribution in [0.15, 0.2) is 36.4 Å². The Kier molecular flexibility index (Phi) is 3.32. The van der Waals surface area contributed by atoms with E-state index in [0.29, 0.717) is 30.2 Å². The average molecular weight is 273 g/mol. The highest BCUT2D eigenvalue weighted by Crippen LogP contribution is 2.43. The van der Waals surface area contributed by atoms with Gasteiger partial charge in [0.1, 0.15) is 18.5 Å². The van der Waals surface area contributed by atoms with Gasteiger partial charge in [0.15, 0.2) is 11.5 Å². The van der Waals surface area contributed by atoms with Crippen molar-refractivity contribution in [3.05, 3.63) is 47.8 Å². The smallest absolute Gasteiger partial charge is 0.172 e. The van der Waals surface area contributed by atoms with Crippen LogP contribution < -0.4 is 15.2 Å². The van der Waals surface area contributed by atoms with Gasteiger partial charge in [-0.05, 0) is 30.2 Å². The van der Waals surface area contributed by atoms with Gasteiger partial charge in [-0.1, -0.05) is 24.3 Å². The molecular weight excluding hydrogens is 257 g/mol. The first-order valence-electron chi connectivity index (χ1n) is 6.58. The van der Waals surface area contributed by atoms with Crippen molar-refractivity contribution in [3.8, 4) is 22.6 Å². The van der Waals surface area contributed by atoms with Crippen LogP contribution in [0.3, 0.4) is 0 Å². The normalized spacial score (nSPS) is 17.1. The monoisotopic (exact) mass is 273 g/mol. The van der Waals surface area contributed by atoms with Crippen LogP contribution in [-0.4, -0.2) is 19.3 Å². The summed E-state index contributed by atoms with van der Waals surface area (Å²) in [5.41, 5.74) is 7.85. The highest BCUT2D eigenvalue weighted by molar-refractivity contribution is 5.77. The summed E-state index contributed by atoms with van der Waals surface area (Å²) in [6, 6.07) is 10.6. The number of fused-ring (bicyclic) bond motifs is 1. The van der Waals surface area contributed by atoms with Gasteiger partial charge in [-0.3, -0.25) is 0 Å². The Morgan fingerprint density at radius 2 is 2.05 bits per heavy atom. The number of aryl methyl sites for hydroxylation is 1. The van der Waals surface area contributed by atoms with Crippen molar-refractivity contribution in [2.24, 2.45) is 5.73 Å². The summed E-state index contributed by atoms with van der Waals surface area (Å²) in [6.45, 7) is 2.67. The number of ether oxygens (including phenoxy) is 2. The minimum absolute atomic E-state index is 0.243. The van der Waals surface area contributed by atoms with Crippen LogP contribution in [0.5, 0.6) is 11.5 Å². The number of benzene rings is 2. The van der Waals surface area contributed by atoms with Crippen molar-refractivity contribution >= 4 is 0 Å². The molecule has 2 N–H and O–H groups in total. The second-order valence-corrected chi connectivity index (χ2v) is 4.85. The number of hydrogen-bond donors (Lipinski definition) is 1. The molecular formula is C16H16FNO2. The lowest BCUT2D eigenvalue weighted by molar-refractivity contribution is 0.0971. The molecule has 1 atom stereocenters. The van der Waals surface area contributed by atoms with E-state index in [0.717, 1.165) is 11.1 Å². The fourth-order valence-corrected chi connectivity index (χ4v) is 2.37. The molecule has 0 aromatic heterocycles. The van der Waals surface area contributed by atoms with Gasteiger partial charge in [0.2, 0.25) is 0 Å². The molecule has 3 rings (SSSR count). The zero-order chi connectivity index (χ0) is 14.1. The molecule has 4 heteroatoms. The third kappa shape index (κ3) is 2.12. The Hall–Kier alpha value is -2.07. The predicted octanol–water partition coefficient (Wildman–Crippen LogP) is 2.90. The molecule has 1 aliphatic heterocycles. The SMILES string of the molecule is Cc1ccccc1-c1c(F)ccc2c1O[C@@H](CN)CO2. The Morgan fingerprint density at radius 3 is 2.80 bits per heavy atom. The van der Waals surface area contributed by atoms with Gasteiger partial charge < -0.3 is 15.2 Å². The van der Waals surface area contributed by atoms with E-state index in [1.807, 2.05) is 31.2 Å². The number of halogens is 1. The summed E-state index contributed by atoms with van der Waals surface area (Å²) >= 11 is 0. The lowest BCUT2D eigenvalue weighted by Gasteiger charge is -2.28. The van der Waals surface area contributed by atoms with Crippen LogP contribution in [0, 0.1) is 12.7 Å². The summed E-state index contributed by atoms with van der Waals surface area (Å²) in [7, 11) is 0. The van der Waals surface area contributed by atoms with Gasteiger partial charge in [-0.2, -0.15) is 0 Å². The molecule has 2 aromatic carbocycles.